The minimum Gasteiger partial charge on any atom is -0.481 e. The highest BCUT2D eigenvalue weighted by Gasteiger charge is 2.15. The van der Waals surface area contributed by atoms with E-state index in [1.165, 1.54) is 12.3 Å². The normalized spacial score (nSPS) is 10.5. The summed E-state index contributed by atoms with van der Waals surface area (Å²) in [6.07, 6.45) is 3.65. The molecule has 19 heavy (non-hydrogen) atoms. The van der Waals surface area contributed by atoms with Crippen LogP contribution >= 0.6 is 0 Å². The third-order valence-electron chi connectivity index (χ3n) is 2.17. The molecule has 0 fully saturated rings. The van der Waals surface area contributed by atoms with Gasteiger partial charge in [-0.1, -0.05) is 0 Å². The Morgan fingerprint density at radius 2 is 2.00 bits per heavy atom. The van der Waals surface area contributed by atoms with E-state index in [0.717, 1.165) is 11.0 Å². The summed E-state index contributed by atoms with van der Waals surface area (Å²) < 4.78 is 4.97. The summed E-state index contributed by atoms with van der Waals surface area (Å²) in [7, 11) is 0. The second kappa shape index (κ2) is 7.00. The highest BCUT2D eigenvalue weighted by molar-refractivity contribution is 5.93. The number of carbonyl (C=O) groups excluding carboxylic acids is 1. The van der Waals surface area contributed by atoms with Crippen LogP contribution in [0.3, 0.4) is 0 Å². The first kappa shape index (κ1) is 14.5. The molecule has 0 aromatic carbocycles. The fourth-order valence-electron chi connectivity index (χ4n) is 1.31. The van der Waals surface area contributed by atoms with Gasteiger partial charge in [-0.2, -0.15) is 0 Å². The van der Waals surface area contributed by atoms with Crippen molar-refractivity contribution in [1.29, 1.82) is 0 Å². The Bertz CT molecular complexity index is 476. The molecule has 0 aliphatic heterocycles. The third kappa shape index (κ3) is 5.53. The van der Waals surface area contributed by atoms with Gasteiger partial charge in [0.25, 0.3) is 0 Å². The first-order valence-electron chi connectivity index (χ1n) is 5.43. The van der Waals surface area contributed by atoms with Gasteiger partial charge in [0.1, 0.15) is 12.3 Å². The number of hydrogen-bond acceptors (Lipinski definition) is 4. The first-order valence-corrected chi connectivity index (χ1v) is 5.43. The van der Waals surface area contributed by atoms with E-state index in [1.54, 1.807) is 12.1 Å². The molecule has 1 rings (SSSR count). The molecule has 2 N–H and O–H groups in total. The van der Waals surface area contributed by atoms with Crippen LogP contribution in [0.25, 0.3) is 6.08 Å². The molecule has 0 atom stereocenters. The van der Waals surface area contributed by atoms with Crippen molar-refractivity contribution in [1.82, 2.24) is 4.90 Å². The highest BCUT2D eigenvalue weighted by atomic mass is 16.4. The van der Waals surface area contributed by atoms with Crippen molar-refractivity contribution in [3.63, 3.8) is 0 Å². The standard InChI is InChI=1S/C12H13NO6/c14-10(4-3-9-2-1-7-19-9)13(8-12(17)18)6-5-11(15)16/h1-4,7H,5-6,8H2,(H,15,16)(H,17,18)/b4-3+. The molecule has 1 heterocycles. The van der Waals surface area contributed by atoms with Crippen LogP contribution in [0, 0.1) is 0 Å². The lowest BCUT2D eigenvalue weighted by Gasteiger charge is -2.17. The molecule has 0 unspecified atom stereocenters. The molecule has 0 radical (unpaired) electrons. The van der Waals surface area contributed by atoms with Crippen molar-refractivity contribution in [2.75, 3.05) is 13.1 Å². The summed E-state index contributed by atoms with van der Waals surface area (Å²) in [5.74, 6) is -2.44. The highest BCUT2D eigenvalue weighted by Crippen LogP contribution is 2.03. The molecular weight excluding hydrogens is 254 g/mol. The Hall–Kier alpha value is -2.57. The van der Waals surface area contributed by atoms with Crippen LogP contribution in [-0.2, 0) is 14.4 Å². The zero-order valence-electron chi connectivity index (χ0n) is 9.98. The lowest BCUT2D eigenvalue weighted by atomic mass is 10.3. The predicted molar refractivity (Wildman–Crippen MR) is 64.2 cm³/mol. The van der Waals surface area contributed by atoms with Gasteiger partial charge in [0.05, 0.1) is 12.7 Å². The number of nitrogens with zero attached hydrogens (tertiary/aromatic N) is 1. The summed E-state index contributed by atoms with van der Waals surface area (Å²) in [5, 5.41) is 17.2. The van der Waals surface area contributed by atoms with Gasteiger partial charge in [-0.05, 0) is 18.2 Å². The van der Waals surface area contributed by atoms with Gasteiger partial charge in [-0.15, -0.1) is 0 Å². The Morgan fingerprint density at radius 3 is 2.53 bits per heavy atom. The second-order valence-electron chi connectivity index (χ2n) is 3.65. The van der Waals surface area contributed by atoms with Crippen molar-refractivity contribution >= 4 is 23.9 Å². The quantitative estimate of drug-likeness (QED) is 0.703. The van der Waals surface area contributed by atoms with E-state index >= 15 is 0 Å². The maximum atomic E-state index is 11.7. The van der Waals surface area contributed by atoms with Gasteiger partial charge in [-0.25, -0.2) is 0 Å². The molecule has 0 spiro atoms. The predicted octanol–water partition coefficient (Wildman–Crippen LogP) is 0.681. The molecule has 0 saturated carbocycles. The van der Waals surface area contributed by atoms with E-state index in [1.807, 2.05) is 0 Å². The maximum absolute atomic E-state index is 11.7. The van der Waals surface area contributed by atoms with Crippen molar-refractivity contribution in [3.8, 4) is 0 Å². The zero-order chi connectivity index (χ0) is 14.3. The fraction of sp³-hybridized carbons (Fsp3) is 0.250. The SMILES string of the molecule is O=C(O)CCN(CC(=O)O)C(=O)/C=C/c1ccco1. The van der Waals surface area contributed by atoms with E-state index in [-0.39, 0.29) is 13.0 Å². The summed E-state index contributed by atoms with van der Waals surface area (Å²) >= 11 is 0. The lowest BCUT2D eigenvalue weighted by molar-refractivity contribution is -0.144. The summed E-state index contributed by atoms with van der Waals surface area (Å²) in [6, 6.07) is 3.27. The number of carbonyl (C=O) groups is 3. The maximum Gasteiger partial charge on any atom is 0.323 e. The molecule has 1 amide bonds. The van der Waals surface area contributed by atoms with Crippen LogP contribution in [0.4, 0.5) is 0 Å². The number of carboxylic acids is 2. The summed E-state index contributed by atoms with van der Waals surface area (Å²) in [6.45, 7) is -0.711. The van der Waals surface area contributed by atoms with Gasteiger partial charge in [-0.3, -0.25) is 14.4 Å². The van der Waals surface area contributed by atoms with Gasteiger partial charge in [0.2, 0.25) is 5.91 Å². The number of rotatable bonds is 7. The monoisotopic (exact) mass is 267 g/mol. The smallest absolute Gasteiger partial charge is 0.323 e. The van der Waals surface area contributed by atoms with E-state index in [2.05, 4.69) is 0 Å². The fourth-order valence-corrected chi connectivity index (χ4v) is 1.31. The Balaban J connectivity index is 2.64. The van der Waals surface area contributed by atoms with Crippen molar-refractivity contribution in [2.24, 2.45) is 0 Å². The van der Waals surface area contributed by atoms with E-state index in [4.69, 9.17) is 14.6 Å². The topological polar surface area (TPSA) is 108 Å². The van der Waals surface area contributed by atoms with Crippen molar-refractivity contribution in [2.45, 2.75) is 6.42 Å². The van der Waals surface area contributed by atoms with E-state index < -0.39 is 24.4 Å². The first-order chi connectivity index (χ1) is 8.99. The molecule has 1 aromatic heterocycles. The minimum atomic E-state index is -1.20. The molecule has 7 heteroatoms. The lowest BCUT2D eigenvalue weighted by Crippen LogP contribution is -2.36. The number of furan rings is 1. The van der Waals surface area contributed by atoms with Crippen molar-refractivity contribution in [3.05, 3.63) is 30.2 Å². The van der Waals surface area contributed by atoms with Crippen LogP contribution in [0.15, 0.2) is 28.9 Å². The van der Waals surface area contributed by atoms with Crippen LogP contribution < -0.4 is 0 Å². The van der Waals surface area contributed by atoms with Gasteiger partial charge in [0.15, 0.2) is 0 Å². The molecule has 0 bridgehead atoms. The minimum absolute atomic E-state index is 0.164. The molecule has 7 nitrogen and oxygen atoms in total. The average Bonchev–Trinajstić information content (AvgIpc) is 2.83. The van der Waals surface area contributed by atoms with Crippen LogP contribution in [0.1, 0.15) is 12.2 Å². The summed E-state index contributed by atoms with van der Waals surface area (Å²) in [4.78, 5) is 33.7. The van der Waals surface area contributed by atoms with E-state index in [0.29, 0.717) is 5.76 Å². The third-order valence-corrected chi connectivity index (χ3v) is 2.17. The van der Waals surface area contributed by atoms with Crippen LogP contribution in [-0.4, -0.2) is 46.0 Å². The number of hydrogen-bond donors (Lipinski definition) is 2. The second-order valence-corrected chi connectivity index (χ2v) is 3.65. The van der Waals surface area contributed by atoms with E-state index in [9.17, 15) is 14.4 Å². The Morgan fingerprint density at radius 1 is 1.26 bits per heavy atom. The van der Waals surface area contributed by atoms with Gasteiger partial charge in [0, 0.05) is 12.6 Å². The molecule has 102 valence electrons. The average molecular weight is 267 g/mol. The molecule has 0 aliphatic rings. The molecular formula is C12H13NO6. The number of aliphatic carboxylic acids is 2. The Kier molecular flexibility index (Phi) is 5.34. The summed E-state index contributed by atoms with van der Waals surface area (Å²) in [5.41, 5.74) is 0. The van der Waals surface area contributed by atoms with Crippen LogP contribution in [0.5, 0.6) is 0 Å². The zero-order valence-corrected chi connectivity index (χ0v) is 9.98. The Labute approximate surface area is 108 Å². The largest absolute Gasteiger partial charge is 0.481 e. The van der Waals surface area contributed by atoms with Crippen molar-refractivity contribution < 1.29 is 29.0 Å². The number of carboxylic acid groups (broad SMARTS) is 2. The molecule has 0 saturated heterocycles. The number of amides is 1. The van der Waals surface area contributed by atoms with Crippen LogP contribution in [0.2, 0.25) is 0 Å². The van der Waals surface area contributed by atoms with Gasteiger partial charge < -0.3 is 19.5 Å². The molecule has 1 aromatic rings. The van der Waals surface area contributed by atoms with Gasteiger partial charge >= 0.3 is 11.9 Å². The molecule has 0 aliphatic carbocycles.